The van der Waals surface area contributed by atoms with E-state index >= 15 is 0 Å². The van der Waals surface area contributed by atoms with Crippen molar-refractivity contribution in [2.45, 2.75) is 6.42 Å². The number of hydrogen-bond donors (Lipinski definition) is 1. The first-order chi connectivity index (χ1) is 8.24. The Labute approximate surface area is 100 Å². The van der Waals surface area contributed by atoms with Gasteiger partial charge in [0.15, 0.2) is 0 Å². The highest BCUT2D eigenvalue weighted by molar-refractivity contribution is 5.64. The summed E-state index contributed by atoms with van der Waals surface area (Å²) in [5.74, 6) is 0. The molecule has 0 saturated carbocycles. The van der Waals surface area contributed by atoms with Crippen molar-refractivity contribution in [2.75, 3.05) is 23.8 Å². The number of nitriles is 2. The molecule has 0 saturated heterocycles. The third-order valence-corrected chi connectivity index (χ3v) is 2.83. The van der Waals surface area contributed by atoms with Crippen LogP contribution in [0.15, 0.2) is 30.0 Å². The monoisotopic (exact) mass is 224 g/mol. The van der Waals surface area contributed by atoms with Crippen LogP contribution in [0.3, 0.4) is 0 Å². The summed E-state index contributed by atoms with van der Waals surface area (Å²) in [5.41, 5.74) is 3.52. The number of rotatable bonds is 2. The van der Waals surface area contributed by atoms with Gasteiger partial charge in [0.05, 0.1) is 0 Å². The Kier molecular flexibility index (Phi) is 2.98. The van der Waals surface area contributed by atoms with E-state index in [2.05, 4.69) is 29.4 Å². The van der Waals surface area contributed by atoms with Crippen molar-refractivity contribution in [2.24, 2.45) is 0 Å². The van der Waals surface area contributed by atoms with Crippen LogP contribution in [0.4, 0.5) is 11.4 Å². The van der Waals surface area contributed by atoms with Gasteiger partial charge in [-0.05, 0) is 30.2 Å². The quantitative estimate of drug-likeness (QED) is 0.781. The molecule has 0 radical (unpaired) electrons. The predicted molar refractivity (Wildman–Crippen MR) is 66.3 cm³/mol. The van der Waals surface area contributed by atoms with Crippen LogP contribution in [-0.2, 0) is 6.42 Å². The third kappa shape index (κ3) is 2.21. The molecule has 4 nitrogen and oxygen atoms in total. The van der Waals surface area contributed by atoms with Gasteiger partial charge in [-0.1, -0.05) is 0 Å². The number of allylic oxidation sites excluding steroid dienone is 1. The third-order valence-electron chi connectivity index (χ3n) is 2.83. The van der Waals surface area contributed by atoms with Gasteiger partial charge in [0, 0.05) is 31.2 Å². The van der Waals surface area contributed by atoms with E-state index in [0.29, 0.717) is 0 Å². The van der Waals surface area contributed by atoms with E-state index in [1.165, 1.54) is 17.5 Å². The molecule has 0 aliphatic carbocycles. The van der Waals surface area contributed by atoms with Crippen molar-refractivity contribution in [1.82, 2.24) is 0 Å². The summed E-state index contributed by atoms with van der Waals surface area (Å²) in [6, 6.07) is 9.68. The summed E-state index contributed by atoms with van der Waals surface area (Å²) in [6.07, 6.45) is 2.47. The zero-order valence-corrected chi connectivity index (χ0v) is 9.57. The van der Waals surface area contributed by atoms with Gasteiger partial charge in [0.25, 0.3) is 0 Å². The molecule has 2 rings (SSSR count). The summed E-state index contributed by atoms with van der Waals surface area (Å²) in [5, 5.41) is 20.2. The largest absolute Gasteiger partial charge is 0.374 e. The van der Waals surface area contributed by atoms with Crippen molar-refractivity contribution in [1.29, 1.82) is 10.5 Å². The van der Waals surface area contributed by atoms with Crippen molar-refractivity contribution >= 4 is 11.4 Å². The van der Waals surface area contributed by atoms with Crippen molar-refractivity contribution in [3.63, 3.8) is 0 Å². The highest BCUT2D eigenvalue weighted by Crippen LogP contribution is 2.29. The van der Waals surface area contributed by atoms with Crippen molar-refractivity contribution in [3.05, 3.63) is 35.5 Å². The van der Waals surface area contributed by atoms with E-state index < -0.39 is 0 Å². The second-order valence-corrected chi connectivity index (χ2v) is 3.94. The van der Waals surface area contributed by atoms with E-state index in [9.17, 15) is 0 Å². The van der Waals surface area contributed by atoms with Crippen LogP contribution in [0, 0.1) is 22.7 Å². The molecule has 0 amide bonds. The summed E-state index contributed by atoms with van der Waals surface area (Å²) >= 11 is 0. The summed E-state index contributed by atoms with van der Waals surface area (Å²) in [6.45, 7) is 1.04. The molecule has 0 fully saturated rings. The van der Waals surface area contributed by atoms with Gasteiger partial charge in [-0.15, -0.1) is 0 Å². The second-order valence-electron chi connectivity index (χ2n) is 3.94. The lowest BCUT2D eigenvalue weighted by molar-refractivity contribution is 0.956. The van der Waals surface area contributed by atoms with Gasteiger partial charge in [-0.25, -0.2) is 0 Å². The number of hydrogen-bond acceptors (Lipinski definition) is 4. The Morgan fingerprint density at radius 1 is 1.41 bits per heavy atom. The number of fused-ring (bicyclic) bond motifs is 1. The average Bonchev–Trinajstić information content (AvgIpc) is 2.72. The molecule has 0 unspecified atom stereocenters. The number of nitrogens with one attached hydrogen (secondary N) is 1. The molecule has 0 atom stereocenters. The van der Waals surface area contributed by atoms with E-state index in [1.807, 2.05) is 18.2 Å². The van der Waals surface area contributed by atoms with Gasteiger partial charge in [-0.2, -0.15) is 10.5 Å². The van der Waals surface area contributed by atoms with Crippen LogP contribution >= 0.6 is 0 Å². The second kappa shape index (κ2) is 4.59. The van der Waals surface area contributed by atoms with Crippen LogP contribution in [-0.4, -0.2) is 13.6 Å². The van der Waals surface area contributed by atoms with E-state index in [1.54, 1.807) is 0 Å². The van der Waals surface area contributed by atoms with Crippen LogP contribution in [0.5, 0.6) is 0 Å². The zero-order chi connectivity index (χ0) is 12.3. The lowest BCUT2D eigenvalue weighted by Gasteiger charge is -2.12. The molecule has 1 aliphatic heterocycles. The van der Waals surface area contributed by atoms with Crippen molar-refractivity contribution in [3.8, 4) is 12.1 Å². The normalized spacial score (nSPS) is 12.3. The maximum absolute atomic E-state index is 8.61. The number of likely N-dealkylation sites (N-methyl/N-ethyl adjacent to an activating group) is 1. The van der Waals surface area contributed by atoms with Crippen molar-refractivity contribution < 1.29 is 0 Å². The first-order valence-corrected chi connectivity index (χ1v) is 5.35. The summed E-state index contributed by atoms with van der Waals surface area (Å²) in [7, 11) is 2.07. The standard InChI is InChI=1S/C13H12N4/c1-17-5-4-11-6-12(2-3-13(11)17)16-9-10(7-14)8-15/h2-3,6,9,16H,4-5H2,1H3. The van der Waals surface area contributed by atoms with E-state index in [0.717, 1.165) is 18.7 Å². The number of benzene rings is 1. The van der Waals surface area contributed by atoms with Crippen LogP contribution in [0.25, 0.3) is 0 Å². The molecule has 17 heavy (non-hydrogen) atoms. The fraction of sp³-hybridized carbons (Fsp3) is 0.231. The van der Waals surface area contributed by atoms with Gasteiger partial charge in [-0.3, -0.25) is 0 Å². The van der Waals surface area contributed by atoms with Gasteiger partial charge < -0.3 is 10.2 Å². The Hall–Kier alpha value is -2.46. The molecule has 1 heterocycles. The number of nitrogens with zero attached hydrogens (tertiary/aromatic N) is 3. The highest BCUT2D eigenvalue weighted by Gasteiger charge is 2.15. The molecule has 1 aromatic carbocycles. The molecule has 0 bridgehead atoms. The SMILES string of the molecule is CN1CCc2cc(NC=C(C#N)C#N)ccc21. The van der Waals surface area contributed by atoms with Gasteiger partial charge in [0.1, 0.15) is 17.7 Å². The Morgan fingerprint density at radius 3 is 2.88 bits per heavy atom. The molecule has 84 valence electrons. The lowest BCUT2D eigenvalue weighted by Crippen LogP contribution is -2.12. The first-order valence-electron chi connectivity index (χ1n) is 5.35. The summed E-state index contributed by atoms with van der Waals surface area (Å²) < 4.78 is 0. The molecular weight excluding hydrogens is 212 g/mol. The maximum Gasteiger partial charge on any atom is 0.145 e. The predicted octanol–water partition coefficient (Wildman–Crippen LogP) is 2.02. The van der Waals surface area contributed by atoms with Crippen LogP contribution in [0.2, 0.25) is 0 Å². The highest BCUT2D eigenvalue weighted by atomic mass is 15.1. The van der Waals surface area contributed by atoms with E-state index in [-0.39, 0.29) is 5.57 Å². The average molecular weight is 224 g/mol. The van der Waals surface area contributed by atoms with Gasteiger partial charge >= 0.3 is 0 Å². The smallest absolute Gasteiger partial charge is 0.145 e. The Balaban J connectivity index is 2.18. The molecule has 1 aromatic rings. The minimum absolute atomic E-state index is 0.0719. The van der Waals surface area contributed by atoms with E-state index in [4.69, 9.17) is 10.5 Å². The molecule has 4 heteroatoms. The number of anilines is 2. The molecule has 0 spiro atoms. The van der Waals surface area contributed by atoms with Crippen LogP contribution < -0.4 is 10.2 Å². The van der Waals surface area contributed by atoms with Gasteiger partial charge in [0.2, 0.25) is 0 Å². The molecule has 0 aromatic heterocycles. The fourth-order valence-electron chi connectivity index (χ4n) is 1.90. The molecular formula is C13H12N4. The topological polar surface area (TPSA) is 62.9 Å². The zero-order valence-electron chi connectivity index (χ0n) is 9.57. The maximum atomic E-state index is 8.61. The minimum atomic E-state index is 0.0719. The molecule has 1 N–H and O–H groups in total. The fourth-order valence-corrected chi connectivity index (χ4v) is 1.90. The lowest BCUT2D eigenvalue weighted by atomic mass is 10.1. The molecule has 1 aliphatic rings. The minimum Gasteiger partial charge on any atom is -0.374 e. The summed E-state index contributed by atoms with van der Waals surface area (Å²) in [4.78, 5) is 2.21. The van der Waals surface area contributed by atoms with Crippen LogP contribution in [0.1, 0.15) is 5.56 Å². The first kappa shape index (κ1) is 11.0. The Bertz CT molecular complexity index is 530. The Morgan fingerprint density at radius 2 is 2.18 bits per heavy atom.